The Bertz CT molecular complexity index is 856. The maximum atomic E-state index is 12.0. The first-order valence-electron chi connectivity index (χ1n) is 7.75. The molecule has 0 spiro atoms. The zero-order valence-corrected chi connectivity index (χ0v) is 13.5. The number of hydrogen-bond acceptors (Lipinski definition) is 3. The molecule has 3 aromatic rings. The summed E-state index contributed by atoms with van der Waals surface area (Å²) in [6.07, 6.45) is 0.297. The second-order valence-electron chi connectivity index (χ2n) is 5.67. The zero-order valence-electron chi connectivity index (χ0n) is 13.5. The van der Waals surface area contributed by atoms with Gasteiger partial charge in [0.05, 0.1) is 13.5 Å². The van der Waals surface area contributed by atoms with Crippen LogP contribution >= 0.6 is 0 Å². The fourth-order valence-corrected chi connectivity index (χ4v) is 2.57. The van der Waals surface area contributed by atoms with Gasteiger partial charge in [-0.1, -0.05) is 30.3 Å². The molecular formula is C20H19NO3. The fourth-order valence-electron chi connectivity index (χ4n) is 2.57. The van der Waals surface area contributed by atoms with Crippen molar-refractivity contribution in [3.8, 4) is 11.5 Å². The normalized spacial score (nSPS) is 10.5. The number of methoxy groups -OCH3 is 1. The number of phenolic OH excluding ortho intramolecular Hbond substituents is 1. The van der Waals surface area contributed by atoms with Crippen molar-refractivity contribution in [3.63, 3.8) is 0 Å². The van der Waals surface area contributed by atoms with E-state index in [-0.39, 0.29) is 11.7 Å². The Labute approximate surface area is 140 Å². The van der Waals surface area contributed by atoms with Gasteiger partial charge >= 0.3 is 0 Å². The minimum absolute atomic E-state index is 0.0458. The highest BCUT2D eigenvalue weighted by molar-refractivity contribution is 5.84. The van der Waals surface area contributed by atoms with Gasteiger partial charge < -0.3 is 15.2 Å². The molecular weight excluding hydrogens is 302 g/mol. The van der Waals surface area contributed by atoms with E-state index in [9.17, 15) is 9.90 Å². The average molecular weight is 321 g/mol. The third-order valence-corrected chi connectivity index (χ3v) is 3.90. The van der Waals surface area contributed by atoms with Crippen LogP contribution in [0.5, 0.6) is 11.5 Å². The predicted molar refractivity (Wildman–Crippen MR) is 94.2 cm³/mol. The summed E-state index contributed by atoms with van der Waals surface area (Å²) in [5, 5.41) is 14.4. The predicted octanol–water partition coefficient (Wildman–Crippen LogP) is 3.41. The number of hydrogen-bond donors (Lipinski definition) is 2. The molecule has 122 valence electrons. The number of ether oxygens (including phenoxy) is 1. The molecule has 0 heterocycles. The lowest BCUT2D eigenvalue weighted by molar-refractivity contribution is -0.120. The maximum Gasteiger partial charge on any atom is 0.224 e. The molecule has 24 heavy (non-hydrogen) atoms. The summed E-state index contributed by atoms with van der Waals surface area (Å²) in [4.78, 5) is 12.0. The number of nitrogens with one attached hydrogen (secondary N) is 1. The lowest BCUT2D eigenvalue weighted by Crippen LogP contribution is -2.24. The number of amides is 1. The summed E-state index contributed by atoms with van der Waals surface area (Å²) in [5.74, 6) is 0.986. The van der Waals surface area contributed by atoms with Gasteiger partial charge in [-0.3, -0.25) is 4.79 Å². The SMILES string of the molecule is COc1ccc2cc(CNC(=O)Cc3ccc(O)cc3)ccc2c1. The minimum Gasteiger partial charge on any atom is -0.508 e. The summed E-state index contributed by atoms with van der Waals surface area (Å²) in [7, 11) is 1.65. The molecule has 0 aromatic heterocycles. The minimum atomic E-state index is -0.0458. The van der Waals surface area contributed by atoms with Crippen LogP contribution in [0.25, 0.3) is 10.8 Å². The van der Waals surface area contributed by atoms with E-state index < -0.39 is 0 Å². The van der Waals surface area contributed by atoms with Gasteiger partial charge in [-0.2, -0.15) is 0 Å². The van der Waals surface area contributed by atoms with Crippen molar-refractivity contribution in [1.29, 1.82) is 0 Å². The van der Waals surface area contributed by atoms with Crippen LogP contribution in [0, 0.1) is 0 Å². The summed E-state index contributed by atoms with van der Waals surface area (Å²) < 4.78 is 5.22. The molecule has 0 fully saturated rings. The zero-order chi connectivity index (χ0) is 16.9. The molecule has 0 aliphatic heterocycles. The molecule has 0 atom stereocenters. The Balaban J connectivity index is 1.62. The van der Waals surface area contributed by atoms with E-state index in [1.807, 2.05) is 30.3 Å². The Kier molecular flexibility index (Phi) is 4.66. The molecule has 2 N–H and O–H groups in total. The van der Waals surface area contributed by atoms with Crippen molar-refractivity contribution in [1.82, 2.24) is 5.32 Å². The molecule has 1 amide bonds. The van der Waals surface area contributed by atoms with Crippen LogP contribution in [0.1, 0.15) is 11.1 Å². The Morgan fingerprint density at radius 3 is 2.38 bits per heavy atom. The lowest BCUT2D eigenvalue weighted by atomic mass is 10.1. The molecule has 0 aliphatic rings. The van der Waals surface area contributed by atoms with Gasteiger partial charge in [-0.25, -0.2) is 0 Å². The Hall–Kier alpha value is -3.01. The van der Waals surface area contributed by atoms with Gasteiger partial charge in [-0.15, -0.1) is 0 Å². The van der Waals surface area contributed by atoms with E-state index in [0.717, 1.165) is 27.6 Å². The molecule has 3 aromatic carbocycles. The van der Waals surface area contributed by atoms with Crippen molar-refractivity contribution < 1.29 is 14.6 Å². The smallest absolute Gasteiger partial charge is 0.224 e. The highest BCUT2D eigenvalue weighted by Crippen LogP contribution is 2.21. The topological polar surface area (TPSA) is 58.6 Å². The fraction of sp³-hybridized carbons (Fsp3) is 0.150. The summed E-state index contributed by atoms with van der Waals surface area (Å²) in [6, 6.07) is 18.7. The molecule has 0 bridgehead atoms. The van der Waals surface area contributed by atoms with Gasteiger partial charge in [0.25, 0.3) is 0 Å². The third-order valence-electron chi connectivity index (χ3n) is 3.90. The van der Waals surface area contributed by atoms with E-state index in [4.69, 9.17) is 4.74 Å². The van der Waals surface area contributed by atoms with Crippen molar-refractivity contribution in [2.45, 2.75) is 13.0 Å². The van der Waals surface area contributed by atoms with Crippen LogP contribution in [-0.2, 0) is 17.8 Å². The van der Waals surface area contributed by atoms with Gasteiger partial charge in [0.1, 0.15) is 11.5 Å². The average Bonchev–Trinajstić information content (AvgIpc) is 2.61. The van der Waals surface area contributed by atoms with Crippen LogP contribution in [-0.4, -0.2) is 18.1 Å². The molecule has 0 saturated carbocycles. The number of carbonyl (C=O) groups excluding carboxylic acids is 1. The maximum absolute atomic E-state index is 12.0. The van der Waals surface area contributed by atoms with E-state index in [2.05, 4.69) is 11.4 Å². The van der Waals surface area contributed by atoms with Crippen LogP contribution < -0.4 is 10.1 Å². The van der Waals surface area contributed by atoms with Crippen LogP contribution in [0.4, 0.5) is 0 Å². The van der Waals surface area contributed by atoms with E-state index in [0.29, 0.717) is 13.0 Å². The van der Waals surface area contributed by atoms with Crippen molar-refractivity contribution in [2.75, 3.05) is 7.11 Å². The monoisotopic (exact) mass is 321 g/mol. The first-order valence-corrected chi connectivity index (χ1v) is 7.75. The third kappa shape index (κ3) is 3.84. The van der Waals surface area contributed by atoms with Gasteiger partial charge in [0.15, 0.2) is 0 Å². The summed E-state index contributed by atoms with van der Waals surface area (Å²) in [5.41, 5.74) is 1.92. The number of rotatable bonds is 5. The Morgan fingerprint density at radius 1 is 0.958 bits per heavy atom. The second-order valence-corrected chi connectivity index (χ2v) is 5.67. The van der Waals surface area contributed by atoms with Crippen LogP contribution in [0.2, 0.25) is 0 Å². The highest BCUT2D eigenvalue weighted by atomic mass is 16.5. The molecule has 0 unspecified atom stereocenters. The summed E-state index contributed by atoms with van der Waals surface area (Å²) in [6.45, 7) is 0.485. The summed E-state index contributed by atoms with van der Waals surface area (Å²) >= 11 is 0. The molecule has 4 heteroatoms. The van der Waals surface area contributed by atoms with Crippen molar-refractivity contribution in [3.05, 3.63) is 71.8 Å². The van der Waals surface area contributed by atoms with Crippen LogP contribution in [0.3, 0.4) is 0 Å². The lowest BCUT2D eigenvalue weighted by Gasteiger charge is -2.08. The quantitative estimate of drug-likeness (QED) is 0.757. The standard InChI is InChI=1S/C20H19NO3/c1-24-19-9-6-16-10-15(2-5-17(16)12-19)13-21-20(23)11-14-3-7-18(22)8-4-14/h2-10,12,22H,11,13H2,1H3,(H,21,23). The number of phenols is 1. The number of benzene rings is 3. The highest BCUT2D eigenvalue weighted by Gasteiger charge is 2.04. The molecule has 4 nitrogen and oxygen atoms in total. The number of aromatic hydroxyl groups is 1. The van der Waals surface area contributed by atoms with E-state index >= 15 is 0 Å². The van der Waals surface area contributed by atoms with E-state index in [1.165, 1.54) is 0 Å². The van der Waals surface area contributed by atoms with Crippen molar-refractivity contribution >= 4 is 16.7 Å². The van der Waals surface area contributed by atoms with Crippen molar-refractivity contribution in [2.24, 2.45) is 0 Å². The second kappa shape index (κ2) is 7.04. The molecule has 0 aliphatic carbocycles. The number of fused-ring (bicyclic) bond motifs is 1. The van der Waals surface area contributed by atoms with Gasteiger partial charge in [0, 0.05) is 6.54 Å². The number of carbonyl (C=O) groups is 1. The van der Waals surface area contributed by atoms with Gasteiger partial charge in [-0.05, 0) is 52.2 Å². The molecule has 0 saturated heterocycles. The van der Waals surface area contributed by atoms with Crippen LogP contribution in [0.15, 0.2) is 60.7 Å². The first kappa shape index (κ1) is 15.9. The van der Waals surface area contributed by atoms with E-state index in [1.54, 1.807) is 31.4 Å². The largest absolute Gasteiger partial charge is 0.508 e. The molecule has 0 radical (unpaired) electrons. The first-order chi connectivity index (χ1) is 11.6. The Morgan fingerprint density at radius 2 is 1.62 bits per heavy atom. The van der Waals surface area contributed by atoms with Gasteiger partial charge in [0.2, 0.25) is 5.91 Å². The molecule has 3 rings (SSSR count).